The van der Waals surface area contributed by atoms with Crippen molar-refractivity contribution in [2.75, 3.05) is 7.11 Å². The van der Waals surface area contributed by atoms with Crippen molar-refractivity contribution in [3.05, 3.63) is 52.5 Å². The molecule has 0 saturated heterocycles. The number of halogens is 1. The van der Waals surface area contributed by atoms with E-state index in [9.17, 15) is 15.0 Å². The van der Waals surface area contributed by atoms with Crippen molar-refractivity contribution in [1.29, 1.82) is 0 Å². The van der Waals surface area contributed by atoms with E-state index >= 15 is 0 Å². The number of carbonyl (C=O) groups is 1. The lowest BCUT2D eigenvalue weighted by Gasteiger charge is -2.06. The molecule has 0 radical (unpaired) electrons. The highest BCUT2D eigenvalue weighted by molar-refractivity contribution is 6.31. The maximum Gasteiger partial charge on any atom is 0.305 e. The number of carbonyl (C=O) groups excluding carboxylic acids is 1. The largest absolute Gasteiger partial charge is 0.508 e. The molecular formula is C17H16ClNO4. The third-order valence-electron chi connectivity index (χ3n) is 3.15. The van der Waals surface area contributed by atoms with Gasteiger partial charge in [-0.3, -0.25) is 9.79 Å². The molecule has 23 heavy (non-hydrogen) atoms. The molecule has 0 bridgehead atoms. The van der Waals surface area contributed by atoms with E-state index in [-0.39, 0.29) is 23.9 Å². The topological polar surface area (TPSA) is 79.1 Å². The van der Waals surface area contributed by atoms with E-state index < -0.39 is 0 Å². The Labute approximate surface area is 138 Å². The van der Waals surface area contributed by atoms with Crippen molar-refractivity contribution in [2.24, 2.45) is 4.99 Å². The Morgan fingerprint density at radius 2 is 2.00 bits per heavy atom. The minimum Gasteiger partial charge on any atom is -0.508 e. The molecule has 0 atom stereocenters. The van der Waals surface area contributed by atoms with Crippen LogP contribution in [0, 0.1) is 0 Å². The fourth-order valence-electron chi connectivity index (χ4n) is 2.04. The van der Waals surface area contributed by atoms with Gasteiger partial charge in [0.2, 0.25) is 0 Å². The number of methoxy groups -OCH3 is 1. The molecule has 0 aliphatic heterocycles. The summed E-state index contributed by atoms with van der Waals surface area (Å²) in [6.45, 7) is 0. The first kappa shape index (κ1) is 16.8. The van der Waals surface area contributed by atoms with Crippen LogP contribution in [0.4, 0.5) is 5.69 Å². The van der Waals surface area contributed by atoms with Gasteiger partial charge in [-0.2, -0.15) is 0 Å². The molecule has 0 amide bonds. The molecule has 2 rings (SSSR count). The van der Waals surface area contributed by atoms with Gasteiger partial charge < -0.3 is 14.9 Å². The summed E-state index contributed by atoms with van der Waals surface area (Å²) in [4.78, 5) is 15.6. The first-order valence-electron chi connectivity index (χ1n) is 6.90. The Hall–Kier alpha value is -2.53. The van der Waals surface area contributed by atoms with Crippen LogP contribution >= 0.6 is 11.6 Å². The minimum atomic E-state index is -0.312. The second-order valence-electron chi connectivity index (χ2n) is 4.89. The van der Waals surface area contributed by atoms with E-state index in [0.29, 0.717) is 22.7 Å². The number of nitrogens with zero attached hydrogens (tertiary/aromatic N) is 1. The van der Waals surface area contributed by atoms with Gasteiger partial charge in [0.25, 0.3) is 0 Å². The summed E-state index contributed by atoms with van der Waals surface area (Å²) in [5, 5.41) is 19.5. The van der Waals surface area contributed by atoms with Gasteiger partial charge in [0, 0.05) is 23.7 Å². The van der Waals surface area contributed by atoms with Crippen LogP contribution in [0.2, 0.25) is 5.02 Å². The molecule has 2 N–H and O–H groups in total. The number of aliphatic imine (C=N–C) groups is 1. The van der Waals surface area contributed by atoms with E-state index in [0.717, 1.165) is 5.56 Å². The molecule has 0 aliphatic rings. The van der Waals surface area contributed by atoms with Crippen molar-refractivity contribution in [2.45, 2.75) is 12.8 Å². The number of phenols is 2. The Kier molecular flexibility index (Phi) is 5.60. The van der Waals surface area contributed by atoms with E-state index in [2.05, 4.69) is 9.73 Å². The molecular weight excluding hydrogens is 318 g/mol. The quantitative estimate of drug-likeness (QED) is 0.647. The van der Waals surface area contributed by atoms with Gasteiger partial charge in [0.1, 0.15) is 11.5 Å². The number of aromatic hydroxyl groups is 2. The van der Waals surface area contributed by atoms with E-state index in [1.54, 1.807) is 12.1 Å². The van der Waals surface area contributed by atoms with Crippen LogP contribution in [-0.2, 0) is 16.0 Å². The Balaban J connectivity index is 2.25. The number of ether oxygens (including phenoxy) is 1. The highest BCUT2D eigenvalue weighted by Gasteiger charge is 2.07. The predicted molar refractivity (Wildman–Crippen MR) is 88.8 cm³/mol. The third-order valence-corrected chi connectivity index (χ3v) is 3.37. The number of aryl methyl sites for hydroxylation is 1. The van der Waals surface area contributed by atoms with Gasteiger partial charge in [-0.25, -0.2) is 0 Å². The monoisotopic (exact) mass is 333 g/mol. The van der Waals surface area contributed by atoms with Gasteiger partial charge in [0.15, 0.2) is 0 Å². The first-order chi connectivity index (χ1) is 11.0. The molecule has 0 unspecified atom stereocenters. The number of hydrogen-bond donors (Lipinski definition) is 2. The SMILES string of the molecule is COC(=O)CCc1ccc(O)cc1N=Cc1cc(O)cc(Cl)c1. The van der Waals surface area contributed by atoms with Gasteiger partial charge in [0.05, 0.1) is 12.8 Å². The van der Waals surface area contributed by atoms with Crippen molar-refractivity contribution in [1.82, 2.24) is 0 Å². The zero-order valence-electron chi connectivity index (χ0n) is 12.5. The molecule has 120 valence electrons. The maximum absolute atomic E-state index is 11.3. The average Bonchev–Trinajstić information content (AvgIpc) is 2.50. The Morgan fingerprint density at radius 3 is 2.70 bits per heavy atom. The molecule has 0 heterocycles. The third kappa shape index (κ3) is 5.00. The van der Waals surface area contributed by atoms with Crippen LogP contribution < -0.4 is 0 Å². The van der Waals surface area contributed by atoms with Crippen LogP contribution in [0.25, 0.3) is 0 Å². The maximum atomic E-state index is 11.3. The van der Waals surface area contributed by atoms with Crippen LogP contribution in [0.5, 0.6) is 11.5 Å². The molecule has 0 saturated carbocycles. The number of benzene rings is 2. The lowest BCUT2D eigenvalue weighted by Crippen LogP contribution is -2.02. The van der Waals surface area contributed by atoms with E-state index in [1.807, 2.05) is 0 Å². The highest BCUT2D eigenvalue weighted by Crippen LogP contribution is 2.26. The zero-order chi connectivity index (χ0) is 16.8. The van der Waals surface area contributed by atoms with Crippen LogP contribution in [-0.4, -0.2) is 29.5 Å². The second-order valence-corrected chi connectivity index (χ2v) is 5.33. The van der Waals surface area contributed by atoms with Crippen LogP contribution in [0.15, 0.2) is 41.4 Å². The molecule has 0 aliphatic carbocycles. The predicted octanol–water partition coefficient (Wildman–Crippen LogP) is 3.61. The zero-order valence-corrected chi connectivity index (χ0v) is 13.2. The van der Waals surface area contributed by atoms with Crippen LogP contribution in [0.3, 0.4) is 0 Å². The number of rotatable bonds is 5. The fourth-order valence-corrected chi connectivity index (χ4v) is 2.28. The van der Waals surface area contributed by atoms with Gasteiger partial charge in [-0.1, -0.05) is 17.7 Å². The molecule has 0 fully saturated rings. The summed E-state index contributed by atoms with van der Waals surface area (Å²) in [7, 11) is 1.34. The summed E-state index contributed by atoms with van der Waals surface area (Å²) in [6.07, 6.45) is 2.20. The number of esters is 1. The fraction of sp³-hybridized carbons (Fsp3) is 0.176. The van der Waals surface area contributed by atoms with E-state index in [4.69, 9.17) is 11.6 Å². The van der Waals surface area contributed by atoms with Crippen molar-refractivity contribution < 1.29 is 19.7 Å². The van der Waals surface area contributed by atoms with Crippen molar-refractivity contribution >= 4 is 29.5 Å². The molecule has 2 aromatic carbocycles. The molecule has 5 nitrogen and oxygen atoms in total. The Bertz CT molecular complexity index is 723. The lowest BCUT2D eigenvalue weighted by molar-refractivity contribution is -0.140. The average molecular weight is 334 g/mol. The number of hydrogen-bond acceptors (Lipinski definition) is 5. The number of phenolic OH excluding ortho intramolecular Hbond substituents is 2. The van der Waals surface area contributed by atoms with Gasteiger partial charge in [-0.05, 0) is 41.8 Å². The summed E-state index contributed by atoms with van der Waals surface area (Å²) in [5.74, 6) is -0.193. The smallest absolute Gasteiger partial charge is 0.305 e. The van der Waals surface area contributed by atoms with Gasteiger partial charge >= 0.3 is 5.97 Å². The first-order valence-corrected chi connectivity index (χ1v) is 7.28. The Morgan fingerprint density at radius 1 is 1.22 bits per heavy atom. The standard InChI is InChI=1S/C17H16ClNO4/c1-23-17(22)5-3-12-2-4-14(20)9-16(12)19-10-11-6-13(18)8-15(21)7-11/h2,4,6-10,20-21H,3,5H2,1H3. The normalized spacial score (nSPS) is 10.9. The summed E-state index contributed by atoms with van der Waals surface area (Å²) < 4.78 is 4.62. The minimum absolute atomic E-state index is 0.0424. The van der Waals surface area contributed by atoms with Crippen molar-refractivity contribution in [3.63, 3.8) is 0 Å². The van der Waals surface area contributed by atoms with Crippen LogP contribution in [0.1, 0.15) is 17.5 Å². The summed E-state index contributed by atoms with van der Waals surface area (Å²) in [5.41, 5.74) is 1.96. The molecule has 0 spiro atoms. The summed E-state index contributed by atoms with van der Waals surface area (Å²) >= 11 is 5.88. The molecule has 6 heteroatoms. The van der Waals surface area contributed by atoms with Gasteiger partial charge in [-0.15, -0.1) is 0 Å². The van der Waals surface area contributed by atoms with E-state index in [1.165, 1.54) is 37.6 Å². The second kappa shape index (κ2) is 7.65. The highest BCUT2D eigenvalue weighted by atomic mass is 35.5. The lowest BCUT2D eigenvalue weighted by atomic mass is 10.1. The molecule has 2 aromatic rings. The molecule has 0 aromatic heterocycles. The van der Waals surface area contributed by atoms with Crippen molar-refractivity contribution in [3.8, 4) is 11.5 Å². The summed E-state index contributed by atoms with van der Waals surface area (Å²) in [6, 6.07) is 9.35.